The molecule has 1 aromatic carbocycles. The highest BCUT2D eigenvalue weighted by Gasteiger charge is 2.24. The molecule has 1 aromatic heterocycles. The predicted octanol–water partition coefficient (Wildman–Crippen LogP) is 1.86. The number of anilines is 1. The normalized spacial score (nSPS) is 15.7. The van der Waals surface area contributed by atoms with Gasteiger partial charge in [0.15, 0.2) is 16.6 Å². The van der Waals surface area contributed by atoms with E-state index in [1.165, 1.54) is 11.3 Å². The van der Waals surface area contributed by atoms with Crippen LogP contribution in [0.15, 0.2) is 23.6 Å². The Morgan fingerprint density at radius 3 is 3.04 bits per heavy atom. The molecule has 1 fully saturated rings. The van der Waals surface area contributed by atoms with Crippen LogP contribution in [-0.2, 0) is 22.6 Å². The maximum absolute atomic E-state index is 12.1. The van der Waals surface area contributed by atoms with Gasteiger partial charge >= 0.3 is 0 Å². The van der Waals surface area contributed by atoms with E-state index in [-0.39, 0.29) is 25.0 Å². The van der Waals surface area contributed by atoms with Crippen LogP contribution in [0.5, 0.6) is 11.5 Å². The van der Waals surface area contributed by atoms with Gasteiger partial charge in [0.1, 0.15) is 0 Å². The third-order valence-electron chi connectivity index (χ3n) is 4.11. The first-order valence-corrected chi connectivity index (χ1v) is 8.97. The van der Waals surface area contributed by atoms with Crippen LogP contribution in [-0.4, -0.2) is 30.1 Å². The van der Waals surface area contributed by atoms with Gasteiger partial charge in [0.05, 0.1) is 12.1 Å². The number of benzene rings is 1. The number of amides is 2. The van der Waals surface area contributed by atoms with Gasteiger partial charge in [-0.05, 0) is 24.1 Å². The summed E-state index contributed by atoms with van der Waals surface area (Å²) in [5.41, 5.74) is 1.63. The van der Waals surface area contributed by atoms with Crippen molar-refractivity contribution in [3.8, 4) is 11.5 Å². The third-order valence-corrected chi connectivity index (χ3v) is 5.02. The van der Waals surface area contributed by atoms with Crippen molar-refractivity contribution in [2.45, 2.75) is 25.8 Å². The summed E-state index contributed by atoms with van der Waals surface area (Å²) in [6, 6.07) is 5.60. The summed E-state index contributed by atoms with van der Waals surface area (Å²) in [6.45, 7) is 1.36. The molecule has 0 atom stereocenters. The lowest BCUT2D eigenvalue weighted by Gasteiger charge is -2.10. The van der Waals surface area contributed by atoms with Crippen LogP contribution in [0, 0.1) is 0 Å². The number of carbonyl (C=O) groups excluding carboxylic acids is 2. The fraction of sp³-hybridized carbons (Fsp3) is 0.353. The van der Waals surface area contributed by atoms with Gasteiger partial charge in [-0.25, -0.2) is 4.98 Å². The summed E-state index contributed by atoms with van der Waals surface area (Å²) in [7, 11) is 0. The number of ether oxygens (including phenoxy) is 2. The predicted molar refractivity (Wildman–Crippen MR) is 91.8 cm³/mol. The summed E-state index contributed by atoms with van der Waals surface area (Å²) >= 11 is 1.40. The number of hydrogen-bond donors (Lipinski definition) is 1. The number of carbonyl (C=O) groups is 2. The maximum atomic E-state index is 12.1. The average Bonchev–Trinajstić information content (AvgIpc) is 3.33. The number of thiazole rings is 1. The summed E-state index contributed by atoms with van der Waals surface area (Å²) < 4.78 is 10.6. The largest absolute Gasteiger partial charge is 0.454 e. The van der Waals surface area contributed by atoms with E-state index in [1.54, 1.807) is 4.90 Å². The fourth-order valence-corrected chi connectivity index (χ4v) is 3.70. The molecule has 0 unspecified atom stereocenters. The van der Waals surface area contributed by atoms with Crippen LogP contribution < -0.4 is 19.7 Å². The van der Waals surface area contributed by atoms with E-state index < -0.39 is 0 Å². The first-order valence-electron chi connectivity index (χ1n) is 8.09. The number of aromatic nitrogens is 1. The molecule has 0 aliphatic carbocycles. The molecule has 2 amide bonds. The molecular formula is C17H17N3O4S. The quantitative estimate of drug-likeness (QED) is 0.881. The van der Waals surface area contributed by atoms with Crippen LogP contribution in [0.25, 0.3) is 0 Å². The van der Waals surface area contributed by atoms with Crippen molar-refractivity contribution >= 4 is 28.3 Å². The van der Waals surface area contributed by atoms with Crippen LogP contribution >= 0.6 is 11.3 Å². The number of nitrogens with one attached hydrogen (secondary N) is 1. The van der Waals surface area contributed by atoms with Crippen molar-refractivity contribution in [2.75, 3.05) is 18.2 Å². The van der Waals surface area contributed by atoms with Gasteiger partial charge in [-0.2, -0.15) is 0 Å². The van der Waals surface area contributed by atoms with Crippen LogP contribution in [0.1, 0.15) is 24.1 Å². The second-order valence-electron chi connectivity index (χ2n) is 5.91. The highest BCUT2D eigenvalue weighted by Crippen LogP contribution is 2.32. The number of nitrogens with zero attached hydrogens (tertiary/aromatic N) is 2. The van der Waals surface area contributed by atoms with Gasteiger partial charge in [0.25, 0.3) is 0 Å². The minimum Gasteiger partial charge on any atom is -0.454 e. The monoisotopic (exact) mass is 359 g/mol. The molecule has 0 bridgehead atoms. The van der Waals surface area contributed by atoms with Gasteiger partial charge < -0.3 is 14.8 Å². The van der Waals surface area contributed by atoms with E-state index in [0.29, 0.717) is 36.1 Å². The molecule has 7 nitrogen and oxygen atoms in total. The van der Waals surface area contributed by atoms with Crippen molar-refractivity contribution in [2.24, 2.45) is 0 Å². The summed E-state index contributed by atoms with van der Waals surface area (Å²) in [4.78, 5) is 30.0. The summed E-state index contributed by atoms with van der Waals surface area (Å²) in [6.07, 6.45) is 1.64. The molecule has 8 heteroatoms. The lowest BCUT2D eigenvalue weighted by molar-refractivity contribution is -0.120. The molecule has 25 heavy (non-hydrogen) atoms. The Morgan fingerprint density at radius 1 is 1.32 bits per heavy atom. The van der Waals surface area contributed by atoms with Crippen LogP contribution in [0.3, 0.4) is 0 Å². The van der Waals surface area contributed by atoms with Crippen LogP contribution in [0.2, 0.25) is 0 Å². The molecule has 4 rings (SSSR count). The molecule has 2 aromatic rings. The Labute approximate surface area is 148 Å². The van der Waals surface area contributed by atoms with Gasteiger partial charge in [-0.15, -0.1) is 11.3 Å². The molecule has 2 aliphatic rings. The molecule has 0 spiro atoms. The second kappa shape index (κ2) is 6.72. The Balaban J connectivity index is 1.32. The zero-order valence-corrected chi connectivity index (χ0v) is 14.3. The number of fused-ring (bicyclic) bond motifs is 1. The van der Waals surface area contributed by atoms with Crippen molar-refractivity contribution in [1.82, 2.24) is 10.3 Å². The van der Waals surface area contributed by atoms with Gasteiger partial charge in [0.2, 0.25) is 18.6 Å². The van der Waals surface area contributed by atoms with Crippen molar-refractivity contribution in [3.05, 3.63) is 34.8 Å². The Hall–Kier alpha value is -2.61. The number of rotatable bonds is 5. The zero-order valence-electron chi connectivity index (χ0n) is 13.5. The van der Waals surface area contributed by atoms with E-state index in [2.05, 4.69) is 10.3 Å². The minimum atomic E-state index is -0.109. The molecule has 3 heterocycles. The SMILES string of the molecule is O=C(Cc1csc(N2CCCC2=O)n1)NCc1ccc2c(c1)OCO2. The molecule has 0 radical (unpaired) electrons. The summed E-state index contributed by atoms with van der Waals surface area (Å²) in [5, 5.41) is 5.39. The lowest BCUT2D eigenvalue weighted by atomic mass is 10.2. The lowest BCUT2D eigenvalue weighted by Crippen LogP contribution is -2.25. The molecule has 0 saturated carbocycles. The maximum Gasteiger partial charge on any atom is 0.231 e. The van der Waals surface area contributed by atoms with Crippen LogP contribution in [0.4, 0.5) is 5.13 Å². The Kier molecular flexibility index (Phi) is 4.27. The fourth-order valence-electron chi connectivity index (χ4n) is 2.83. The van der Waals surface area contributed by atoms with Gasteiger partial charge in [0, 0.05) is 24.9 Å². The first kappa shape index (κ1) is 15.9. The van der Waals surface area contributed by atoms with E-state index in [9.17, 15) is 9.59 Å². The van der Waals surface area contributed by atoms with E-state index in [1.807, 2.05) is 23.6 Å². The molecular weight excluding hydrogens is 342 g/mol. The van der Waals surface area contributed by atoms with Gasteiger partial charge in [-0.3, -0.25) is 14.5 Å². The van der Waals surface area contributed by atoms with E-state index in [0.717, 1.165) is 17.7 Å². The van der Waals surface area contributed by atoms with E-state index >= 15 is 0 Å². The molecule has 1 N–H and O–H groups in total. The standard InChI is InChI=1S/C17H17N3O4S/c21-15(18-8-11-3-4-13-14(6-11)24-10-23-13)7-12-9-25-17(19-12)20-5-1-2-16(20)22/h3-4,6,9H,1-2,5,7-8,10H2,(H,18,21). The average molecular weight is 359 g/mol. The van der Waals surface area contributed by atoms with Crippen molar-refractivity contribution in [3.63, 3.8) is 0 Å². The Bertz CT molecular complexity index is 820. The smallest absolute Gasteiger partial charge is 0.231 e. The molecule has 2 aliphatic heterocycles. The van der Waals surface area contributed by atoms with Gasteiger partial charge in [-0.1, -0.05) is 6.07 Å². The topological polar surface area (TPSA) is 80.8 Å². The molecule has 1 saturated heterocycles. The highest BCUT2D eigenvalue weighted by molar-refractivity contribution is 7.14. The second-order valence-corrected chi connectivity index (χ2v) is 6.75. The third kappa shape index (κ3) is 3.43. The van der Waals surface area contributed by atoms with Crippen molar-refractivity contribution < 1.29 is 19.1 Å². The molecule has 130 valence electrons. The van der Waals surface area contributed by atoms with Crippen molar-refractivity contribution in [1.29, 1.82) is 0 Å². The first-order chi connectivity index (χ1) is 12.2. The highest BCUT2D eigenvalue weighted by atomic mass is 32.1. The van der Waals surface area contributed by atoms with E-state index in [4.69, 9.17) is 9.47 Å². The minimum absolute atomic E-state index is 0.105. The number of hydrogen-bond acceptors (Lipinski definition) is 6. The Morgan fingerprint density at radius 2 is 2.20 bits per heavy atom. The summed E-state index contributed by atoms with van der Waals surface area (Å²) in [5.74, 6) is 1.42. The zero-order chi connectivity index (χ0) is 17.2.